The van der Waals surface area contributed by atoms with Crippen molar-refractivity contribution in [1.82, 2.24) is 0 Å². The van der Waals surface area contributed by atoms with Crippen molar-refractivity contribution in [2.24, 2.45) is 0 Å². The van der Waals surface area contributed by atoms with Crippen LogP contribution in [0.2, 0.25) is 0 Å². The number of aryl methyl sites for hydroxylation is 1. The van der Waals surface area contributed by atoms with Gasteiger partial charge in [-0.1, -0.05) is 6.08 Å². The van der Waals surface area contributed by atoms with Gasteiger partial charge in [-0.15, -0.1) is 6.58 Å². The van der Waals surface area contributed by atoms with Gasteiger partial charge in [0.05, 0.1) is 0 Å². The minimum absolute atomic E-state index is 0.112. The van der Waals surface area contributed by atoms with Crippen molar-refractivity contribution in [3.63, 3.8) is 0 Å². The predicted molar refractivity (Wildman–Crippen MR) is 73.8 cm³/mol. The summed E-state index contributed by atoms with van der Waals surface area (Å²) in [5, 5.41) is 0. The van der Waals surface area contributed by atoms with E-state index in [0.717, 1.165) is 25.1 Å². The number of rotatable bonds is 6. The molecule has 0 spiro atoms. The summed E-state index contributed by atoms with van der Waals surface area (Å²) in [5.41, 5.74) is 1.80. The SMILES string of the molecule is C=CCCCN(C)c1cc(C)c(F)cc1C(C)=O. The molecular weight excluding hydrogens is 229 g/mol. The van der Waals surface area contributed by atoms with Crippen LogP contribution in [0.4, 0.5) is 10.1 Å². The van der Waals surface area contributed by atoms with Crippen molar-refractivity contribution in [3.8, 4) is 0 Å². The predicted octanol–water partition coefficient (Wildman–Crippen LogP) is 3.74. The maximum Gasteiger partial charge on any atom is 0.161 e. The largest absolute Gasteiger partial charge is 0.374 e. The number of hydrogen-bond acceptors (Lipinski definition) is 2. The number of carbonyl (C=O) groups excluding carboxylic acids is 1. The van der Waals surface area contributed by atoms with Crippen molar-refractivity contribution >= 4 is 11.5 Å². The van der Waals surface area contributed by atoms with Crippen LogP contribution in [-0.4, -0.2) is 19.4 Å². The number of halogens is 1. The lowest BCUT2D eigenvalue weighted by molar-refractivity contribution is 0.101. The number of carbonyl (C=O) groups is 1. The molecule has 0 aliphatic carbocycles. The van der Waals surface area contributed by atoms with Gasteiger partial charge >= 0.3 is 0 Å². The number of unbranched alkanes of at least 4 members (excludes halogenated alkanes) is 1. The molecule has 1 aromatic rings. The first-order chi connectivity index (χ1) is 8.47. The van der Waals surface area contributed by atoms with Gasteiger partial charge in [-0.25, -0.2) is 4.39 Å². The number of benzene rings is 1. The van der Waals surface area contributed by atoms with E-state index in [1.54, 1.807) is 13.0 Å². The fourth-order valence-electron chi connectivity index (χ4n) is 1.86. The summed E-state index contributed by atoms with van der Waals surface area (Å²) < 4.78 is 13.5. The Bertz CT molecular complexity index is 454. The highest BCUT2D eigenvalue weighted by Crippen LogP contribution is 2.24. The summed E-state index contributed by atoms with van der Waals surface area (Å²) in [4.78, 5) is 13.5. The van der Waals surface area contributed by atoms with Crippen LogP contribution < -0.4 is 4.90 Å². The number of hydrogen-bond donors (Lipinski definition) is 0. The quantitative estimate of drug-likeness (QED) is 0.435. The molecular formula is C15H20FNO. The Morgan fingerprint density at radius 1 is 1.50 bits per heavy atom. The molecule has 18 heavy (non-hydrogen) atoms. The van der Waals surface area contributed by atoms with Gasteiger partial charge in [-0.2, -0.15) is 0 Å². The van der Waals surface area contributed by atoms with E-state index in [0.29, 0.717) is 11.1 Å². The van der Waals surface area contributed by atoms with Crippen LogP contribution in [0, 0.1) is 12.7 Å². The third-order valence-electron chi connectivity index (χ3n) is 2.97. The van der Waals surface area contributed by atoms with Crippen LogP contribution in [0.25, 0.3) is 0 Å². The van der Waals surface area contributed by atoms with Gasteiger partial charge in [-0.05, 0) is 44.4 Å². The molecule has 0 heterocycles. The molecule has 3 heteroatoms. The van der Waals surface area contributed by atoms with Crippen molar-refractivity contribution in [1.29, 1.82) is 0 Å². The normalized spacial score (nSPS) is 10.2. The molecule has 0 aromatic heterocycles. The Labute approximate surface area is 108 Å². The van der Waals surface area contributed by atoms with Crippen LogP contribution in [0.3, 0.4) is 0 Å². The van der Waals surface area contributed by atoms with Crippen molar-refractivity contribution in [2.45, 2.75) is 26.7 Å². The lowest BCUT2D eigenvalue weighted by Gasteiger charge is -2.22. The third-order valence-corrected chi connectivity index (χ3v) is 2.97. The van der Waals surface area contributed by atoms with Gasteiger partial charge in [0.1, 0.15) is 5.82 Å². The molecule has 0 radical (unpaired) electrons. The molecule has 0 aliphatic rings. The topological polar surface area (TPSA) is 20.3 Å². The zero-order valence-corrected chi connectivity index (χ0v) is 11.3. The van der Waals surface area contributed by atoms with E-state index in [1.165, 1.54) is 13.0 Å². The van der Waals surface area contributed by atoms with E-state index < -0.39 is 0 Å². The molecule has 1 aromatic carbocycles. The van der Waals surface area contributed by atoms with Gasteiger partial charge in [0.25, 0.3) is 0 Å². The minimum Gasteiger partial charge on any atom is -0.374 e. The van der Waals surface area contributed by atoms with E-state index in [1.807, 2.05) is 18.0 Å². The lowest BCUT2D eigenvalue weighted by atomic mass is 10.0. The Hall–Kier alpha value is -1.64. The molecule has 0 N–H and O–H groups in total. The zero-order chi connectivity index (χ0) is 13.7. The van der Waals surface area contributed by atoms with Gasteiger partial charge in [0.15, 0.2) is 5.78 Å². The Kier molecular flexibility index (Phi) is 5.08. The average molecular weight is 249 g/mol. The molecule has 0 bridgehead atoms. The molecule has 98 valence electrons. The highest BCUT2D eigenvalue weighted by Gasteiger charge is 2.14. The molecule has 0 saturated heterocycles. The fraction of sp³-hybridized carbons (Fsp3) is 0.400. The third kappa shape index (κ3) is 3.42. The van der Waals surface area contributed by atoms with Gasteiger partial charge < -0.3 is 4.90 Å². The summed E-state index contributed by atoms with van der Waals surface area (Å²) >= 11 is 0. The van der Waals surface area contributed by atoms with E-state index in [9.17, 15) is 9.18 Å². The summed E-state index contributed by atoms with van der Waals surface area (Å²) in [6.07, 6.45) is 3.77. The van der Waals surface area contributed by atoms with Gasteiger partial charge in [0.2, 0.25) is 0 Å². The number of allylic oxidation sites excluding steroid dienone is 1. The number of ketones is 1. The van der Waals surface area contributed by atoms with Crippen molar-refractivity contribution in [3.05, 3.63) is 41.7 Å². The van der Waals surface area contributed by atoms with Crippen LogP contribution in [0.1, 0.15) is 35.7 Å². The van der Waals surface area contributed by atoms with E-state index in [-0.39, 0.29) is 11.6 Å². The molecule has 1 rings (SSSR count). The Morgan fingerprint density at radius 3 is 2.72 bits per heavy atom. The van der Waals surface area contributed by atoms with Crippen molar-refractivity contribution in [2.75, 3.05) is 18.5 Å². The summed E-state index contributed by atoms with van der Waals surface area (Å²) in [5.74, 6) is -0.442. The standard InChI is InChI=1S/C15H20FNO/c1-5-6-7-8-17(4)15-9-11(2)14(16)10-13(15)12(3)18/h5,9-10H,1,6-8H2,2-4H3. The Morgan fingerprint density at radius 2 is 2.17 bits per heavy atom. The first-order valence-corrected chi connectivity index (χ1v) is 6.10. The maximum absolute atomic E-state index is 13.5. The first kappa shape index (κ1) is 14.4. The maximum atomic E-state index is 13.5. The molecule has 0 saturated carbocycles. The smallest absolute Gasteiger partial charge is 0.161 e. The minimum atomic E-state index is -0.330. The highest BCUT2D eigenvalue weighted by atomic mass is 19.1. The zero-order valence-electron chi connectivity index (χ0n) is 11.3. The number of anilines is 1. The van der Waals surface area contributed by atoms with Crippen LogP contribution in [0.15, 0.2) is 24.8 Å². The van der Waals surface area contributed by atoms with Crippen LogP contribution in [-0.2, 0) is 0 Å². The van der Waals surface area contributed by atoms with Crippen molar-refractivity contribution < 1.29 is 9.18 Å². The van der Waals surface area contributed by atoms with Gasteiger partial charge in [-0.3, -0.25) is 4.79 Å². The fourth-order valence-corrected chi connectivity index (χ4v) is 1.86. The molecule has 0 atom stereocenters. The van der Waals surface area contributed by atoms with Gasteiger partial charge in [0, 0.05) is 24.8 Å². The molecule has 0 fully saturated rings. The number of nitrogens with zero attached hydrogens (tertiary/aromatic N) is 1. The second-order valence-electron chi connectivity index (χ2n) is 4.53. The van der Waals surface area contributed by atoms with Crippen LogP contribution >= 0.6 is 0 Å². The second-order valence-corrected chi connectivity index (χ2v) is 4.53. The second kappa shape index (κ2) is 6.34. The first-order valence-electron chi connectivity index (χ1n) is 6.10. The molecule has 0 amide bonds. The highest BCUT2D eigenvalue weighted by molar-refractivity contribution is 5.99. The van der Waals surface area contributed by atoms with E-state index >= 15 is 0 Å². The average Bonchev–Trinajstić information content (AvgIpc) is 2.32. The Balaban J connectivity index is 3.01. The lowest BCUT2D eigenvalue weighted by Crippen LogP contribution is -2.21. The molecule has 2 nitrogen and oxygen atoms in total. The van der Waals surface area contributed by atoms with E-state index in [4.69, 9.17) is 0 Å². The summed E-state index contributed by atoms with van der Waals surface area (Å²) in [7, 11) is 1.92. The monoisotopic (exact) mass is 249 g/mol. The van der Waals surface area contributed by atoms with Crippen LogP contribution in [0.5, 0.6) is 0 Å². The number of Topliss-reactive ketones (excluding diaryl/α,β-unsaturated/α-hetero) is 1. The molecule has 0 aliphatic heterocycles. The van der Waals surface area contributed by atoms with E-state index in [2.05, 4.69) is 6.58 Å². The summed E-state index contributed by atoms with van der Waals surface area (Å²) in [6, 6.07) is 3.07. The molecule has 0 unspecified atom stereocenters. The summed E-state index contributed by atoms with van der Waals surface area (Å²) in [6.45, 7) is 7.67.